The highest BCUT2D eigenvalue weighted by atomic mass is 32.5. The van der Waals surface area contributed by atoms with Gasteiger partial charge in [-0.2, -0.15) is 19.6 Å². The van der Waals surface area contributed by atoms with E-state index >= 15 is 8.78 Å². The molecule has 2 aliphatic heterocycles. The lowest BCUT2D eigenvalue weighted by Gasteiger charge is -2.28. The first-order valence-electron chi connectivity index (χ1n) is 18.3. The normalized spacial score (nSPS) is 24.9. The Morgan fingerprint density at radius 3 is 2.44 bits per heavy atom. The quantitative estimate of drug-likeness (QED) is 0.0654. The van der Waals surface area contributed by atoms with Gasteiger partial charge in [0.2, 0.25) is 11.9 Å². The number of aromatic nitrogens is 10. The van der Waals surface area contributed by atoms with Gasteiger partial charge >= 0.3 is 15.0 Å². The predicted octanol–water partition coefficient (Wildman–Crippen LogP) is 1.65. The van der Waals surface area contributed by atoms with Gasteiger partial charge in [0.05, 0.1) is 32.3 Å². The van der Waals surface area contributed by atoms with Gasteiger partial charge in [0.15, 0.2) is 59.0 Å². The third-order valence-electron chi connectivity index (χ3n) is 9.15. The number of aliphatic hydroxyl groups is 1. The van der Waals surface area contributed by atoms with E-state index in [1.807, 2.05) is 6.07 Å². The first-order valence-corrected chi connectivity index (χ1v) is 22.0. The number of aromatic amines is 1. The number of rotatable bonds is 17. The number of hydrogen-bond donors (Lipinski definition) is 5. The van der Waals surface area contributed by atoms with Crippen molar-refractivity contribution in [3.05, 3.63) is 52.6 Å². The van der Waals surface area contributed by atoms with Crippen molar-refractivity contribution in [3.8, 4) is 6.07 Å². The number of fused-ring (bicyclic) bond motifs is 2. The smallest absolute Gasteiger partial charge is 0.394 e. The molecule has 0 saturated carbocycles. The van der Waals surface area contributed by atoms with E-state index in [9.17, 15) is 34.2 Å². The summed E-state index contributed by atoms with van der Waals surface area (Å²) >= 11 is 5.57. The molecule has 0 radical (unpaired) electrons. The van der Waals surface area contributed by atoms with Gasteiger partial charge in [-0.05, 0) is 23.9 Å². The number of amides is 2. The van der Waals surface area contributed by atoms with Crippen molar-refractivity contribution in [2.45, 2.75) is 69.5 Å². The zero-order valence-electron chi connectivity index (χ0n) is 32.0. The summed E-state index contributed by atoms with van der Waals surface area (Å²) in [7, 11) is -3.47. The molecule has 7 rings (SSSR count). The Balaban J connectivity index is 1.11. The maximum Gasteiger partial charge on any atom is 0.695 e. The lowest BCUT2D eigenvalue weighted by molar-refractivity contribution is -0.118. The molecule has 0 bridgehead atoms. The largest absolute Gasteiger partial charge is 0.695 e. The molecule has 2 aliphatic rings. The summed E-state index contributed by atoms with van der Waals surface area (Å²) < 4.78 is 80.2. The molecule has 10 atom stereocenters. The number of carbonyl (C=O) groups is 2. The number of aliphatic hydroxyl groups excluding tert-OH is 1. The van der Waals surface area contributed by atoms with Gasteiger partial charge < -0.3 is 28.9 Å². The minimum atomic E-state index is -4.27. The number of alkyl halides is 2. The van der Waals surface area contributed by atoms with Crippen LogP contribution in [0.1, 0.15) is 43.1 Å². The Morgan fingerprint density at radius 2 is 1.74 bits per heavy atom. The predicted molar refractivity (Wildman–Crippen MR) is 208 cm³/mol. The van der Waals surface area contributed by atoms with Gasteiger partial charge in [-0.25, -0.2) is 18.7 Å². The van der Waals surface area contributed by atoms with Crippen molar-refractivity contribution in [1.82, 2.24) is 49.9 Å². The van der Waals surface area contributed by atoms with Crippen molar-refractivity contribution < 1.29 is 60.5 Å². The van der Waals surface area contributed by atoms with Crippen LogP contribution in [-0.2, 0) is 48.7 Å². The van der Waals surface area contributed by atoms with Crippen LogP contribution in [0.25, 0.3) is 22.3 Å². The van der Waals surface area contributed by atoms with Crippen molar-refractivity contribution >= 4 is 72.7 Å². The second-order valence-electron chi connectivity index (χ2n) is 13.6. The molecule has 6 heterocycles. The average molecular weight is 925 g/mol. The minimum Gasteiger partial charge on any atom is -0.394 e. The summed E-state index contributed by atoms with van der Waals surface area (Å²) in [6, 6.07) is 10.0. The number of ether oxygens (including phenoxy) is 2. The molecule has 2 amide bonds. The minimum absolute atomic E-state index is 0.0331. The number of hydrogen-bond acceptors (Lipinski definition) is 20. The molecule has 30 heteroatoms. The first-order chi connectivity index (χ1) is 29.7. The molecular weight excluding hydrogens is 890 g/mol. The number of carbonyl (C=O) groups excluding carboxylic acids is 2. The number of anilines is 2. The topological polar surface area (TPSA) is 328 Å². The van der Waals surface area contributed by atoms with Gasteiger partial charge in [-0.15, -0.1) is 19.6 Å². The fourth-order valence-corrected chi connectivity index (χ4v) is 8.67. The molecule has 5 aromatic rings. The number of benzene rings is 1. The molecule has 25 nitrogen and oxygen atoms in total. The number of nitrogens with one attached hydrogen (secondary N) is 3. The van der Waals surface area contributed by atoms with E-state index in [-0.39, 0.29) is 40.5 Å². The summed E-state index contributed by atoms with van der Waals surface area (Å²) in [5.41, 5.74) is -1.34. The van der Waals surface area contributed by atoms with Gasteiger partial charge in [0, 0.05) is 16.0 Å². The van der Waals surface area contributed by atoms with Crippen LogP contribution in [-0.4, -0.2) is 128 Å². The van der Waals surface area contributed by atoms with E-state index in [0.717, 1.165) is 15.7 Å². The average Bonchev–Trinajstić information content (AvgIpc) is 4.02. The second kappa shape index (κ2) is 19.0. The summed E-state index contributed by atoms with van der Waals surface area (Å²) in [4.78, 5) is 62.2. The Labute approximate surface area is 352 Å². The third-order valence-corrected chi connectivity index (χ3v) is 11.9. The molecule has 2 saturated heterocycles. The highest BCUT2D eigenvalue weighted by Crippen LogP contribution is 2.55. The van der Waals surface area contributed by atoms with Crippen LogP contribution in [0.2, 0.25) is 0 Å². The maximum atomic E-state index is 16.5. The van der Waals surface area contributed by atoms with E-state index in [1.54, 1.807) is 44.2 Å². The Morgan fingerprint density at radius 1 is 1.03 bits per heavy atom. The second-order valence-corrected chi connectivity index (χ2v) is 17.2. The molecule has 62 heavy (non-hydrogen) atoms. The number of H-pyrrole nitrogens is 1. The van der Waals surface area contributed by atoms with Gasteiger partial charge in [0.25, 0.3) is 11.5 Å². The van der Waals surface area contributed by atoms with Gasteiger partial charge in [-0.3, -0.25) is 29.2 Å². The van der Waals surface area contributed by atoms with Crippen LogP contribution in [0.4, 0.5) is 20.5 Å². The van der Waals surface area contributed by atoms with Crippen LogP contribution in [0.15, 0.2) is 41.5 Å². The molecule has 2 unspecified atom stereocenters. The monoisotopic (exact) mass is 924 g/mol. The van der Waals surface area contributed by atoms with Crippen LogP contribution in [0.5, 0.6) is 0 Å². The highest BCUT2D eigenvalue weighted by Gasteiger charge is 2.54. The van der Waals surface area contributed by atoms with Crippen molar-refractivity contribution in [2.24, 2.45) is 5.92 Å². The number of halogens is 2. The van der Waals surface area contributed by atoms with E-state index in [1.165, 1.54) is 0 Å². The lowest BCUT2D eigenvalue weighted by Crippen LogP contribution is -2.34. The van der Waals surface area contributed by atoms with Crippen molar-refractivity contribution in [3.63, 3.8) is 0 Å². The first kappa shape index (κ1) is 44.7. The summed E-state index contributed by atoms with van der Waals surface area (Å²) in [5, 5.41) is 40.0. The van der Waals surface area contributed by atoms with Gasteiger partial charge in [-0.1, -0.05) is 42.5 Å². The van der Waals surface area contributed by atoms with E-state index < -0.39 is 107 Å². The zero-order chi connectivity index (χ0) is 44.3. The van der Waals surface area contributed by atoms with Crippen LogP contribution >= 0.6 is 15.0 Å². The fraction of sp³-hybridized carbons (Fsp3) is 0.469. The van der Waals surface area contributed by atoms with E-state index in [2.05, 4.69) is 51.2 Å². The van der Waals surface area contributed by atoms with Crippen LogP contribution in [0, 0.1) is 17.2 Å². The molecule has 1 aromatic carbocycles. The molecule has 0 aliphatic carbocycles. The standard InChI is InChI=1S/C32H33F2N13O12P2S/c1-14(2)27(49)40-32-39-26-21(29(51)41-32)43-45-47(26)31-23(58-60(52)53)18(33)17(57-31)12-55-61(62,54-10-6-9-35)59-22-16(11-48)56-30(19(22)34)46-25-20(42-44-46)24(36-13-37-25)38-28(50)15-7-4-3-5-8-15/h3-5,7-8,13-14,16-19,22-23,30-31,48H,6,10-12H2,1-2H3,(H3-,36,37,38,39,40,41,44,45,49,50,51,52,53)/p+1/t16-,17-,18-,19+,22-,23+,30-,31-,61?/m1/s1. The molecular formula is C32H34F2N13O12P2S+. The van der Waals surface area contributed by atoms with Gasteiger partial charge in [0.1, 0.15) is 24.6 Å². The van der Waals surface area contributed by atoms with Crippen molar-refractivity contribution in [1.29, 1.82) is 5.26 Å². The molecule has 4 aromatic heterocycles. The van der Waals surface area contributed by atoms with Crippen LogP contribution < -0.4 is 16.2 Å². The number of nitrogens with zero attached hydrogens (tertiary/aromatic N) is 10. The highest BCUT2D eigenvalue weighted by molar-refractivity contribution is 8.07. The van der Waals surface area contributed by atoms with E-state index in [4.69, 9.17) is 39.4 Å². The van der Waals surface area contributed by atoms with Crippen LogP contribution in [0.3, 0.4) is 0 Å². The maximum absolute atomic E-state index is 16.5. The molecule has 0 spiro atoms. The molecule has 5 N–H and O–H groups in total. The SMILES string of the molecule is CC(C)C(=O)Nc1nc2c(nnn2[C@@H]2O[C@H](COP(=S)(OCCC#N)O[C@H]3[C@H](F)[C@H](n4nnc5c(NC(=O)c6ccccc6)ncnc54)O[C@@H]3CO)[C@@H](F)[C@@H]2O[P+](=O)O)c(=O)[nH]1. The van der Waals surface area contributed by atoms with Crippen molar-refractivity contribution in [2.75, 3.05) is 30.5 Å². The molecule has 328 valence electrons. The third kappa shape index (κ3) is 9.38. The molecule has 2 fully saturated rings. The lowest BCUT2D eigenvalue weighted by atomic mass is 10.1. The Bertz CT molecular complexity index is 2620. The summed E-state index contributed by atoms with van der Waals surface area (Å²) in [6.07, 6.45) is -13.9. The Hall–Kier alpha value is -5.30. The Kier molecular flexibility index (Phi) is 13.7. The summed E-state index contributed by atoms with van der Waals surface area (Å²) in [5.74, 6) is -1.91. The van der Waals surface area contributed by atoms with E-state index in [0.29, 0.717) is 5.56 Å². The summed E-state index contributed by atoms with van der Waals surface area (Å²) in [6.45, 7) is -3.17. The number of nitriles is 1. The fourth-order valence-electron chi connectivity index (χ4n) is 6.15. The zero-order valence-corrected chi connectivity index (χ0v) is 34.6.